The smallest absolute Gasteiger partial charge is 0.227 e. The molecule has 1 atom stereocenters. The molecule has 2 aliphatic heterocycles. The lowest BCUT2D eigenvalue weighted by Gasteiger charge is -2.12. The Morgan fingerprint density at radius 2 is 2.27 bits per heavy atom. The van der Waals surface area contributed by atoms with Crippen LogP contribution in [0.2, 0.25) is 0 Å². The molecule has 1 saturated heterocycles. The van der Waals surface area contributed by atoms with E-state index in [4.69, 9.17) is 9.47 Å². The van der Waals surface area contributed by atoms with Crippen LogP contribution >= 0.6 is 0 Å². The second kappa shape index (κ2) is 6.79. The summed E-state index contributed by atoms with van der Waals surface area (Å²) in [5, 5.41) is 5.69. The highest BCUT2D eigenvalue weighted by atomic mass is 16.5. The van der Waals surface area contributed by atoms with Crippen LogP contribution in [0.15, 0.2) is 18.2 Å². The zero-order valence-corrected chi connectivity index (χ0v) is 12.4. The Hall–Kier alpha value is -2.08. The van der Waals surface area contributed by atoms with Gasteiger partial charge in [0, 0.05) is 13.2 Å². The van der Waals surface area contributed by atoms with Crippen LogP contribution in [0, 0.1) is 0 Å². The van der Waals surface area contributed by atoms with Gasteiger partial charge in [-0.2, -0.15) is 0 Å². The van der Waals surface area contributed by atoms with Crippen molar-refractivity contribution in [2.75, 3.05) is 25.1 Å². The van der Waals surface area contributed by atoms with Crippen molar-refractivity contribution in [2.24, 2.45) is 0 Å². The largest absolute Gasteiger partial charge is 0.491 e. The molecule has 2 aliphatic rings. The van der Waals surface area contributed by atoms with Gasteiger partial charge in [0.25, 0.3) is 0 Å². The second-order valence-electron chi connectivity index (χ2n) is 5.59. The van der Waals surface area contributed by atoms with Gasteiger partial charge in [-0.25, -0.2) is 0 Å². The fraction of sp³-hybridized carbons (Fsp3) is 0.500. The Labute approximate surface area is 129 Å². The van der Waals surface area contributed by atoms with Crippen molar-refractivity contribution in [2.45, 2.75) is 31.8 Å². The molecule has 0 aromatic heterocycles. The molecule has 1 unspecified atom stereocenters. The Bertz CT molecular complexity index is 567. The molecule has 0 bridgehead atoms. The number of anilines is 1. The predicted octanol–water partition coefficient (Wildman–Crippen LogP) is 1.25. The Morgan fingerprint density at radius 3 is 3.09 bits per heavy atom. The first-order valence-electron chi connectivity index (χ1n) is 7.64. The third kappa shape index (κ3) is 3.76. The normalized spacial score (nSPS) is 20.5. The lowest BCUT2D eigenvalue weighted by Crippen LogP contribution is -2.32. The first-order valence-corrected chi connectivity index (χ1v) is 7.64. The molecule has 1 aromatic rings. The number of carbonyl (C=O) groups excluding carboxylic acids is 2. The number of benzene rings is 1. The average molecular weight is 304 g/mol. The molecule has 6 heteroatoms. The molecule has 2 amide bonds. The molecule has 2 N–H and O–H groups in total. The molecule has 1 fully saturated rings. The molecule has 3 rings (SSSR count). The molecule has 22 heavy (non-hydrogen) atoms. The van der Waals surface area contributed by atoms with E-state index < -0.39 is 0 Å². The zero-order chi connectivity index (χ0) is 15.4. The first-order chi connectivity index (χ1) is 10.7. The average Bonchev–Trinajstić information content (AvgIpc) is 2.94. The third-order valence-electron chi connectivity index (χ3n) is 3.82. The maximum atomic E-state index is 12.0. The van der Waals surface area contributed by atoms with Crippen molar-refractivity contribution in [1.29, 1.82) is 0 Å². The van der Waals surface area contributed by atoms with Crippen LogP contribution in [-0.2, 0) is 20.7 Å². The number of ether oxygens (including phenoxy) is 2. The number of rotatable bonds is 4. The van der Waals surface area contributed by atoms with Gasteiger partial charge in [0.2, 0.25) is 11.8 Å². The van der Waals surface area contributed by atoms with Crippen molar-refractivity contribution in [3.63, 3.8) is 0 Å². The van der Waals surface area contributed by atoms with Crippen LogP contribution in [0.5, 0.6) is 5.75 Å². The molecule has 0 radical (unpaired) electrons. The lowest BCUT2D eigenvalue weighted by molar-refractivity contribution is -0.121. The van der Waals surface area contributed by atoms with Gasteiger partial charge in [-0.05, 0) is 30.5 Å². The predicted molar refractivity (Wildman–Crippen MR) is 80.9 cm³/mol. The third-order valence-corrected chi connectivity index (χ3v) is 3.82. The summed E-state index contributed by atoms with van der Waals surface area (Å²) in [5.74, 6) is 0.532. The van der Waals surface area contributed by atoms with Gasteiger partial charge in [-0.15, -0.1) is 0 Å². The maximum Gasteiger partial charge on any atom is 0.227 e. The number of hydrogen-bond donors (Lipinski definition) is 2. The van der Waals surface area contributed by atoms with E-state index in [1.54, 1.807) is 12.1 Å². The molecule has 6 nitrogen and oxygen atoms in total. The minimum absolute atomic E-state index is 0.0451. The molecule has 118 valence electrons. The molecule has 2 heterocycles. The SMILES string of the molecule is O=C(Cc1ccc2c(c1)NC(=O)CCO2)NCC1CCCO1. The van der Waals surface area contributed by atoms with Crippen LogP contribution in [0.4, 0.5) is 5.69 Å². The van der Waals surface area contributed by atoms with Crippen LogP contribution in [0.25, 0.3) is 0 Å². The molecule has 0 spiro atoms. The first kappa shape index (κ1) is 14.8. The number of carbonyl (C=O) groups is 2. The molecule has 1 aromatic carbocycles. The minimum atomic E-state index is -0.0706. The Morgan fingerprint density at radius 1 is 1.36 bits per heavy atom. The van der Waals surface area contributed by atoms with E-state index >= 15 is 0 Å². The molecular formula is C16H20N2O4. The summed E-state index contributed by atoms with van der Waals surface area (Å²) in [6, 6.07) is 5.44. The lowest BCUT2D eigenvalue weighted by atomic mass is 10.1. The highest BCUT2D eigenvalue weighted by molar-refractivity contribution is 5.93. The van der Waals surface area contributed by atoms with Gasteiger partial charge >= 0.3 is 0 Å². The van der Waals surface area contributed by atoms with E-state index in [1.807, 2.05) is 6.07 Å². The van der Waals surface area contributed by atoms with Gasteiger partial charge in [-0.3, -0.25) is 9.59 Å². The van der Waals surface area contributed by atoms with E-state index in [0.717, 1.165) is 25.0 Å². The maximum absolute atomic E-state index is 12.0. The van der Waals surface area contributed by atoms with Gasteiger partial charge < -0.3 is 20.1 Å². The van der Waals surface area contributed by atoms with E-state index in [0.29, 0.717) is 31.0 Å². The highest BCUT2D eigenvalue weighted by Gasteiger charge is 2.17. The minimum Gasteiger partial charge on any atom is -0.491 e. The van der Waals surface area contributed by atoms with Gasteiger partial charge in [0.15, 0.2) is 0 Å². The summed E-state index contributed by atoms with van der Waals surface area (Å²) in [5.41, 5.74) is 1.47. The summed E-state index contributed by atoms with van der Waals surface area (Å²) in [7, 11) is 0. The topological polar surface area (TPSA) is 76.7 Å². The highest BCUT2D eigenvalue weighted by Crippen LogP contribution is 2.28. The number of fused-ring (bicyclic) bond motifs is 1. The Balaban J connectivity index is 1.57. The summed E-state index contributed by atoms with van der Waals surface area (Å²) in [6.45, 7) is 1.72. The van der Waals surface area contributed by atoms with Gasteiger partial charge in [0.1, 0.15) is 5.75 Å². The van der Waals surface area contributed by atoms with Crippen LogP contribution in [-0.4, -0.2) is 37.7 Å². The molecule has 0 saturated carbocycles. The number of amides is 2. The van der Waals surface area contributed by atoms with Crippen molar-refractivity contribution < 1.29 is 19.1 Å². The van der Waals surface area contributed by atoms with Crippen LogP contribution < -0.4 is 15.4 Å². The van der Waals surface area contributed by atoms with Crippen molar-refractivity contribution in [3.8, 4) is 5.75 Å². The molecular weight excluding hydrogens is 284 g/mol. The summed E-state index contributed by atoms with van der Waals surface area (Å²) < 4.78 is 11.0. The fourth-order valence-electron chi connectivity index (χ4n) is 2.66. The van der Waals surface area contributed by atoms with Crippen LogP contribution in [0.1, 0.15) is 24.8 Å². The van der Waals surface area contributed by atoms with Crippen molar-refractivity contribution >= 4 is 17.5 Å². The van der Waals surface area contributed by atoms with Crippen LogP contribution in [0.3, 0.4) is 0 Å². The summed E-state index contributed by atoms with van der Waals surface area (Å²) in [6.07, 6.45) is 2.82. The monoisotopic (exact) mass is 304 g/mol. The van der Waals surface area contributed by atoms with Gasteiger partial charge in [0.05, 0.1) is 31.2 Å². The second-order valence-corrected chi connectivity index (χ2v) is 5.59. The standard InChI is InChI=1S/C16H20N2O4/c19-15-5-7-22-14-4-3-11(8-13(14)18-15)9-16(20)17-10-12-2-1-6-21-12/h3-4,8,12H,1-2,5-7,9-10H2,(H,17,20)(H,18,19). The zero-order valence-electron chi connectivity index (χ0n) is 12.4. The fourth-order valence-corrected chi connectivity index (χ4v) is 2.66. The van der Waals surface area contributed by atoms with E-state index in [-0.39, 0.29) is 24.3 Å². The van der Waals surface area contributed by atoms with Gasteiger partial charge in [-0.1, -0.05) is 6.07 Å². The van der Waals surface area contributed by atoms with E-state index in [9.17, 15) is 9.59 Å². The van der Waals surface area contributed by atoms with Crippen molar-refractivity contribution in [1.82, 2.24) is 5.32 Å². The summed E-state index contributed by atoms with van der Waals surface area (Å²) in [4.78, 5) is 23.5. The Kier molecular flexibility index (Phi) is 4.58. The summed E-state index contributed by atoms with van der Waals surface area (Å²) >= 11 is 0. The van der Waals surface area contributed by atoms with Crippen molar-refractivity contribution in [3.05, 3.63) is 23.8 Å². The number of hydrogen-bond acceptors (Lipinski definition) is 4. The molecule has 0 aliphatic carbocycles. The number of nitrogens with one attached hydrogen (secondary N) is 2. The van der Waals surface area contributed by atoms with E-state index in [2.05, 4.69) is 10.6 Å². The van der Waals surface area contributed by atoms with E-state index in [1.165, 1.54) is 0 Å². The quantitative estimate of drug-likeness (QED) is 0.877.